The Kier molecular flexibility index (Phi) is 4.17. The number of fused-ring (bicyclic) bond motifs is 1. The quantitative estimate of drug-likeness (QED) is 0.885. The van der Waals surface area contributed by atoms with Crippen LogP contribution in [-0.2, 0) is 12.6 Å². The number of aryl methyl sites for hydroxylation is 1. The van der Waals surface area contributed by atoms with Crippen molar-refractivity contribution in [1.29, 1.82) is 0 Å². The van der Waals surface area contributed by atoms with Gasteiger partial charge in [0.15, 0.2) is 0 Å². The van der Waals surface area contributed by atoms with E-state index in [1.54, 1.807) is 4.98 Å². The van der Waals surface area contributed by atoms with Crippen molar-refractivity contribution in [3.8, 4) is 0 Å². The lowest BCUT2D eigenvalue weighted by molar-refractivity contribution is -0.141. The molecule has 1 heterocycles. The van der Waals surface area contributed by atoms with Crippen LogP contribution in [0.25, 0.3) is 0 Å². The van der Waals surface area contributed by atoms with Gasteiger partial charge in [-0.15, -0.1) is 0 Å². The summed E-state index contributed by atoms with van der Waals surface area (Å²) in [5, 5.41) is 2.75. The first-order chi connectivity index (χ1) is 11.4. The molecule has 0 saturated heterocycles. The standard InChI is InChI=1S/C17H15F3N2O2/c18-17(19,20)14-9-8-12(16(24)22-14)15(23)21-13-7-3-5-10-4-1-2-6-11(10)13/h1-2,4,6,8-9,13H,3,5,7H2,(H,21,23)(H,22,24)/t13-/m1/s1. The van der Waals surface area contributed by atoms with Gasteiger partial charge in [0.1, 0.15) is 11.3 Å². The van der Waals surface area contributed by atoms with E-state index in [0.717, 1.165) is 36.5 Å². The summed E-state index contributed by atoms with van der Waals surface area (Å²) in [6.07, 6.45) is -2.12. The molecule has 7 heteroatoms. The first-order valence-electron chi connectivity index (χ1n) is 7.55. The number of nitrogens with one attached hydrogen (secondary N) is 2. The molecule has 0 unspecified atom stereocenters. The highest BCUT2D eigenvalue weighted by atomic mass is 19.4. The molecule has 0 fully saturated rings. The summed E-state index contributed by atoms with van der Waals surface area (Å²) in [6, 6.07) is 9.05. The fraction of sp³-hybridized carbons (Fsp3) is 0.294. The number of carbonyl (C=O) groups excluding carboxylic acids is 1. The van der Waals surface area contributed by atoms with Gasteiger partial charge in [-0.2, -0.15) is 13.2 Å². The van der Waals surface area contributed by atoms with Gasteiger partial charge in [0, 0.05) is 0 Å². The van der Waals surface area contributed by atoms with Crippen LogP contribution < -0.4 is 10.9 Å². The summed E-state index contributed by atoms with van der Waals surface area (Å²) in [7, 11) is 0. The number of rotatable bonds is 2. The maximum Gasteiger partial charge on any atom is 0.431 e. The molecule has 0 radical (unpaired) electrons. The van der Waals surface area contributed by atoms with Crippen molar-refractivity contribution in [1.82, 2.24) is 10.3 Å². The Bertz CT molecular complexity index is 827. The first kappa shape index (κ1) is 16.3. The molecule has 0 spiro atoms. The van der Waals surface area contributed by atoms with Gasteiger partial charge in [-0.1, -0.05) is 24.3 Å². The monoisotopic (exact) mass is 336 g/mol. The van der Waals surface area contributed by atoms with Crippen molar-refractivity contribution >= 4 is 5.91 Å². The summed E-state index contributed by atoms with van der Waals surface area (Å²) in [6.45, 7) is 0. The molecule has 1 aliphatic carbocycles. The van der Waals surface area contributed by atoms with Gasteiger partial charge in [-0.3, -0.25) is 9.59 Å². The van der Waals surface area contributed by atoms with E-state index >= 15 is 0 Å². The van der Waals surface area contributed by atoms with Gasteiger partial charge in [-0.25, -0.2) is 0 Å². The van der Waals surface area contributed by atoms with E-state index in [4.69, 9.17) is 0 Å². The second-order valence-electron chi connectivity index (χ2n) is 5.73. The van der Waals surface area contributed by atoms with E-state index in [1.165, 1.54) is 0 Å². The van der Waals surface area contributed by atoms with Crippen LogP contribution in [0.1, 0.15) is 46.1 Å². The largest absolute Gasteiger partial charge is 0.431 e. The van der Waals surface area contributed by atoms with Crippen LogP contribution in [0.15, 0.2) is 41.2 Å². The Hall–Kier alpha value is -2.57. The highest BCUT2D eigenvalue weighted by Gasteiger charge is 2.32. The molecular weight excluding hydrogens is 321 g/mol. The summed E-state index contributed by atoms with van der Waals surface area (Å²) in [4.78, 5) is 25.8. The SMILES string of the molecule is O=C(N[C@@H]1CCCc2ccccc21)c1ccc(C(F)(F)F)[nH]c1=O. The fourth-order valence-corrected chi connectivity index (χ4v) is 2.96. The number of H-pyrrole nitrogens is 1. The minimum Gasteiger partial charge on any atom is -0.345 e. The van der Waals surface area contributed by atoms with Crippen molar-refractivity contribution in [3.63, 3.8) is 0 Å². The first-order valence-corrected chi connectivity index (χ1v) is 7.55. The topological polar surface area (TPSA) is 62.0 Å². The Morgan fingerprint density at radius 1 is 1.17 bits per heavy atom. The summed E-state index contributed by atoms with van der Waals surface area (Å²) < 4.78 is 37.7. The molecule has 3 rings (SSSR count). The Morgan fingerprint density at radius 3 is 2.62 bits per heavy atom. The molecule has 0 bridgehead atoms. The van der Waals surface area contributed by atoms with E-state index < -0.39 is 23.3 Å². The second kappa shape index (κ2) is 6.14. The lowest BCUT2D eigenvalue weighted by atomic mass is 9.87. The summed E-state index contributed by atoms with van der Waals surface area (Å²) in [5.41, 5.74) is -0.430. The molecule has 1 aliphatic rings. The van der Waals surface area contributed by atoms with Crippen LogP contribution in [-0.4, -0.2) is 10.9 Å². The number of amides is 1. The predicted octanol–water partition coefficient (Wildman–Crippen LogP) is 3.20. The molecule has 1 atom stereocenters. The zero-order chi connectivity index (χ0) is 17.3. The number of pyridine rings is 1. The third-order valence-electron chi connectivity index (χ3n) is 4.13. The summed E-state index contributed by atoms with van der Waals surface area (Å²) in [5.74, 6) is -0.674. The van der Waals surface area contributed by atoms with Crippen LogP contribution in [0.4, 0.5) is 13.2 Å². The molecule has 0 saturated carbocycles. The number of alkyl halides is 3. The average Bonchev–Trinajstić information content (AvgIpc) is 2.54. The Morgan fingerprint density at radius 2 is 1.92 bits per heavy atom. The normalized spacial score (nSPS) is 17.2. The van der Waals surface area contributed by atoms with Gasteiger partial charge >= 0.3 is 6.18 Å². The van der Waals surface area contributed by atoms with Gasteiger partial charge in [0.2, 0.25) is 0 Å². The number of halogens is 3. The molecule has 1 aromatic carbocycles. The lowest BCUT2D eigenvalue weighted by Crippen LogP contribution is -2.34. The Balaban J connectivity index is 1.83. The minimum absolute atomic E-state index is 0.246. The minimum atomic E-state index is -4.66. The van der Waals surface area contributed by atoms with Crippen LogP contribution in [0, 0.1) is 0 Å². The van der Waals surface area contributed by atoms with Crippen LogP contribution in [0.2, 0.25) is 0 Å². The molecule has 2 N–H and O–H groups in total. The molecule has 1 amide bonds. The second-order valence-corrected chi connectivity index (χ2v) is 5.73. The van der Waals surface area contributed by atoms with E-state index in [-0.39, 0.29) is 11.6 Å². The number of hydrogen-bond acceptors (Lipinski definition) is 2. The van der Waals surface area contributed by atoms with Crippen molar-refractivity contribution in [2.24, 2.45) is 0 Å². The van der Waals surface area contributed by atoms with Gasteiger partial charge in [0.05, 0.1) is 6.04 Å². The number of carbonyl (C=O) groups is 1. The molecule has 24 heavy (non-hydrogen) atoms. The highest BCUT2D eigenvalue weighted by Crippen LogP contribution is 2.30. The van der Waals surface area contributed by atoms with Gasteiger partial charge in [0.25, 0.3) is 11.5 Å². The smallest absolute Gasteiger partial charge is 0.345 e. The fourth-order valence-electron chi connectivity index (χ4n) is 2.96. The van der Waals surface area contributed by atoms with Crippen LogP contribution >= 0.6 is 0 Å². The van der Waals surface area contributed by atoms with E-state index in [0.29, 0.717) is 6.07 Å². The third kappa shape index (κ3) is 3.20. The average molecular weight is 336 g/mol. The lowest BCUT2D eigenvalue weighted by Gasteiger charge is -2.26. The van der Waals surface area contributed by atoms with E-state index in [2.05, 4.69) is 5.32 Å². The summed E-state index contributed by atoms with van der Waals surface area (Å²) >= 11 is 0. The zero-order valence-corrected chi connectivity index (χ0v) is 12.6. The highest BCUT2D eigenvalue weighted by molar-refractivity contribution is 5.94. The van der Waals surface area contributed by atoms with Gasteiger partial charge in [-0.05, 0) is 42.5 Å². The Labute approximate surface area is 135 Å². The zero-order valence-electron chi connectivity index (χ0n) is 12.6. The van der Waals surface area contributed by atoms with E-state index in [1.807, 2.05) is 24.3 Å². The van der Waals surface area contributed by atoms with Crippen molar-refractivity contribution in [2.75, 3.05) is 0 Å². The number of aromatic nitrogens is 1. The maximum absolute atomic E-state index is 12.6. The number of benzene rings is 1. The molecule has 1 aromatic heterocycles. The van der Waals surface area contributed by atoms with Gasteiger partial charge < -0.3 is 10.3 Å². The number of hydrogen-bond donors (Lipinski definition) is 2. The van der Waals surface area contributed by atoms with Crippen molar-refractivity contribution in [3.05, 3.63) is 69.1 Å². The molecule has 2 aromatic rings. The van der Waals surface area contributed by atoms with Crippen molar-refractivity contribution in [2.45, 2.75) is 31.5 Å². The third-order valence-corrected chi connectivity index (χ3v) is 4.13. The van der Waals surface area contributed by atoms with Crippen molar-refractivity contribution < 1.29 is 18.0 Å². The van der Waals surface area contributed by atoms with Crippen LogP contribution in [0.3, 0.4) is 0 Å². The molecule has 4 nitrogen and oxygen atoms in total. The van der Waals surface area contributed by atoms with Crippen LogP contribution in [0.5, 0.6) is 0 Å². The van der Waals surface area contributed by atoms with E-state index in [9.17, 15) is 22.8 Å². The molecule has 0 aliphatic heterocycles. The molecular formula is C17H15F3N2O2. The molecule has 126 valence electrons. The number of aromatic amines is 1. The maximum atomic E-state index is 12.6. The predicted molar refractivity (Wildman–Crippen MR) is 81.7 cm³/mol.